The molecule has 4 N–H and O–H groups in total. The molecule has 0 bridgehead atoms. The number of carbonyl (C=O) groups excluding carboxylic acids is 3. The number of likely N-dealkylation sites (tertiary alicyclic amines) is 1. The van der Waals surface area contributed by atoms with Gasteiger partial charge in [0.1, 0.15) is 35.1 Å². The van der Waals surface area contributed by atoms with Crippen molar-refractivity contribution in [3.8, 4) is 16.2 Å². The molecule has 5 atom stereocenters. The number of H-pyrrole nitrogens is 1. The third kappa shape index (κ3) is 13.0. The first-order chi connectivity index (χ1) is 33.3. The summed E-state index contributed by atoms with van der Waals surface area (Å²) < 4.78 is 58.8. The molecular weight excluding hydrogens is 918 g/mol. The molecule has 0 radical (unpaired) electrons. The minimum atomic E-state index is -1.60. The largest absolute Gasteiger partial charge is 0.493 e. The van der Waals surface area contributed by atoms with Crippen molar-refractivity contribution >= 4 is 40.0 Å². The second kappa shape index (κ2) is 22.9. The van der Waals surface area contributed by atoms with E-state index in [1.54, 1.807) is 11.3 Å². The summed E-state index contributed by atoms with van der Waals surface area (Å²) in [6, 6.07) is 15.3. The fourth-order valence-corrected chi connectivity index (χ4v) is 10.5. The molecule has 1 saturated heterocycles. The lowest BCUT2D eigenvalue weighted by Gasteiger charge is -2.43. The quantitative estimate of drug-likeness (QED) is 0.0532. The Morgan fingerprint density at radius 3 is 2.34 bits per heavy atom. The van der Waals surface area contributed by atoms with Gasteiger partial charge in [0.15, 0.2) is 0 Å². The Morgan fingerprint density at radius 2 is 1.66 bits per heavy atom. The Balaban J connectivity index is 0.808. The lowest BCUT2D eigenvalue weighted by molar-refractivity contribution is -0.144. The second-order valence-corrected chi connectivity index (χ2v) is 21.5. The number of hydrogen-bond donors (Lipinski definition) is 4. The molecule has 4 heterocycles. The number of aliphatic hydroxyl groups excluding tert-OH is 1. The number of hydrogen-bond acceptors (Lipinski definition) is 9. The normalized spacial score (nSPS) is 19.0. The maximum absolute atomic E-state index is 16.0. The number of amides is 3. The molecule has 2 aliphatic heterocycles. The molecule has 2 aromatic heterocycles. The highest BCUT2D eigenvalue weighted by atomic mass is 32.1. The Bertz CT molecular complexity index is 2570. The zero-order valence-electron chi connectivity index (χ0n) is 41.5. The number of nitrogens with one attached hydrogen (secondary N) is 3. The number of carbonyl (C=O) groups is 3. The number of rotatable bonds is 21. The van der Waals surface area contributed by atoms with Crippen molar-refractivity contribution in [1.82, 2.24) is 30.4 Å². The van der Waals surface area contributed by atoms with Gasteiger partial charge in [-0.3, -0.25) is 19.3 Å². The number of nitrogens with zero attached hydrogens (tertiary/aromatic N) is 3. The summed E-state index contributed by atoms with van der Waals surface area (Å²) in [5.74, 6) is -2.47. The summed E-state index contributed by atoms with van der Waals surface area (Å²) in [5, 5.41) is 17.4. The Morgan fingerprint density at radius 1 is 0.957 bits per heavy atom. The smallest absolute Gasteiger partial charge is 0.246 e. The molecule has 16 heteroatoms. The number of aliphatic hydroxyl groups is 1. The van der Waals surface area contributed by atoms with Gasteiger partial charge in [0.2, 0.25) is 17.7 Å². The van der Waals surface area contributed by atoms with Crippen LogP contribution in [-0.4, -0.2) is 105 Å². The predicted molar refractivity (Wildman–Crippen MR) is 267 cm³/mol. The number of ether oxygens (including phenoxy) is 2. The molecule has 12 nitrogen and oxygen atoms in total. The van der Waals surface area contributed by atoms with Crippen LogP contribution < -0.4 is 15.4 Å². The van der Waals surface area contributed by atoms with Gasteiger partial charge in [-0.05, 0) is 75.1 Å². The minimum Gasteiger partial charge on any atom is -0.493 e. The lowest BCUT2D eigenvalue weighted by Crippen LogP contribution is -2.57. The molecule has 1 fully saturated rings. The van der Waals surface area contributed by atoms with Crippen molar-refractivity contribution in [1.29, 1.82) is 0 Å². The maximum atomic E-state index is 16.0. The number of benzene rings is 3. The van der Waals surface area contributed by atoms with E-state index < -0.39 is 52.9 Å². The van der Waals surface area contributed by atoms with Crippen LogP contribution in [0.5, 0.6) is 5.75 Å². The number of aromatic amines is 1. The van der Waals surface area contributed by atoms with Crippen molar-refractivity contribution in [2.45, 2.75) is 142 Å². The van der Waals surface area contributed by atoms with Crippen LogP contribution in [0.15, 0.2) is 66.2 Å². The molecule has 2 aliphatic rings. The standard InChI is InChI=1S/C54H69F3N6O6S/c1-33-25-40-39-15-11-12-16-43(39)60-47(40)48(63(33)31-54(6,7)57)46-41(55)27-38(28-42(46)56)69-24-14-23-68-22-13-9-8-10-17-45(65)61-50(53(3,4)5)52(67)62-30-37(64)26-44(62)51(66)58-29-35-18-20-36(21-19-35)49-34(2)59-32-70-49/h11-12,15-16,18-21,27-28,32-33,37,44,48,50,60,64H,8-10,13-14,17,22-26,29-31H2,1-7H3,(H,58,66)(H,61,65)/t33-,37-,44+,48-,50?/m1/s1. The van der Waals surface area contributed by atoms with Gasteiger partial charge in [-0.15, -0.1) is 11.3 Å². The molecule has 0 aliphatic carbocycles. The fraction of sp³-hybridized carbons (Fsp3) is 0.519. The summed E-state index contributed by atoms with van der Waals surface area (Å²) >= 11 is 1.57. The van der Waals surface area contributed by atoms with Crippen molar-refractivity contribution < 1.29 is 42.1 Å². The fourth-order valence-electron chi connectivity index (χ4n) is 9.71. The molecule has 0 spiro atoms. The molecule has 5 aromatic rings. The summed E-state index contributed by atoms with van der Waals surface area (Å²) in [5.41, 5.74) is 4.85. The third-order valence-electron chi connectivity index (χ3n) is 13.3. The SMILES string of the molecule is Cc1ncsc1-c1ccc(CNC(=O)[C@@H]2C[C@@H](O)CN2C(=O)C(NC(=O)CCCCCCOCCCOc2cc(F)c([C@@H]3c4[nH]c5ccccc5c4C[C@@H](C)N3CC(C)(C)F)c(F)c2)C(C)(C)C)cc1. The average molecular weight is 987 g/mol. The van der Waals surface area contributed by atoms with Crippen molar-refractivity contribution in [3.63, 3.8) is 0 Å². The van der Waals surface area contributed by atoms with Crippen LogP contribution in [0.4, 0.5) is 13.2 Å². The second-order valence-electron chi connectivity index (χ2n) is 20.6. The molecule has 70 heavy (non-hydrogen) atoms. The van der Waals surface area contributed by atoms with E-state index in [9.17, 15) is 19.5 Å². The van der Waals surface area contributed by atoms with Gasteiger partial charge < -0.3 is 35.1 Å². The molecule has 1 unspecified atom stereocenters. The van der Waals surface area contributed by atoms with Crippen LogP contribution in [0, 0.1) is 24.0 Å². The lowest BCUT2D eigenvalue weighted by atomic mass is 9.85. The summed E-state index contributed by atoms with van der Waals surface area (Å²) in [7, 11) is 0. The summed E-state index contributed by atoms with van der Waals surface area (Å²) in [4.78, 5) is 52.7. The number of halogens is 3. The van der Waals surface area contributed by atoms with Crippen LogP contribution in [0.3, 0.4) is 0 Å². The number of alkyl halides is 1. The van der Waals surface area contributed by atoms with E-state index in [2.05, 4.69) is 20.6 Å². The number of para-hydroxylation sites is 1. The zero-order valence-corrected chi connectivity index (χ0v) is 42.3. The highest BCUT2D eigenvalue weighted by molar-refractivity contribution is 7.13. The average Bonchev–Trinajstić information content (AvgIpc) is 4.02. The number of thiazole rings is 1. The van der Waals surface area contributed by atoms with Gasteiger partial charge >= 0.3 is 0 Å². The monoisotopic (exact) mass is 986 g/mol. The van der Waals surface area contributed by atoms with Gasteiger partial charge in [0.25, 0.3) is 0 Å². The van der Waals surface area contributed by atoms with Gasteiger partial charge in [-0.25, -0.2) is 18.2 Å². The number of aryl methyl sites for hydroxylation is 1. The molecule has 7 rings (SSSR count). The first-order valence-electron chi connectivity index (χ1n) is 24.6. The highest BCUT2D eigenvalue weighted by Gasteiger charge is 2.45. The number of β-amino-alcohol motifs (C(OH)–C–C–N with tert-alkyl or cyclic N) is 1. The van der Waals surface area contributed by atoms with E-state index in [0.717, 1.165) is 57.4 Å². The topological polar surface area (TPSA) is 149 Å². The van der Waals surface area contributed by atoms with E-state index >= 15 is 13.2 Å². The van der Waals surface area contributed by atoms with E-state index in [1.807, 2.05) is 93.6 Å². The van der Waals surface area contributed by atoms with Gasteiger partial charge in [0.05, 0.1) is 34.8 Å². The zero-order chi connectivity index (χ0) is 50.3. The Kier molecular flexibility index (Phi) is 17.1. The van der Waals surface area contributed by atoms with E-state index in [1.165, 1.54) is 30.9 Å². The van der Waals surface area contributed by atoms with Crippen molar-refractivity contribution in [3.05, 3.63) is 106 Å². The molecular formula is C54H69F3N6O6S. The molecule has 3 aromatic carbocycles. The van der Waals surface area contributed by atoms with Crippen LogP contribution >= 0.6 is 11.3 Å². The predicted octanol–water partition coefficient (Wildman–Crippen LogP) is 9.51. The maximum Gasteiger partial charge on any atom is 0.246 e. The van der Waals surface area contributed by atoms with Crippen molar-refractivity contribution in [2.75, 3.05) is 32.9 Å². The van der Waals surface area contributed by atoms with Crippen molar-refractivity contribution in [2.24, 2.45) is 5.41 Å². The molecule has 0 saturated carbocycles. The number of aromatic nitrogens is 2. The number of fused-ring (bicyclic) bond motifs is 3. The Hall–Kier alpha value is -5.29. The first kappa shape index (κ1) is 52.5. The van der Waals surface area contributed by atoms with Gasteiger partial charge in [-0.2, -0.15) is 0 Å². The minimum absolute atomic E-state index is 0.00143. The molecule has 378 valence electrons. The highest BCUT2D eigenvalue weighted by Crippen LogP contribution is 2.44. The Labute approximate surface area is 413 Å². The van der Waals surface area contributed by atoms with Crippen LogP contribution in [0.1, 0.15) is 121 Å². The summed E-state index contributed by atoms with van der Waals surface area (Å²) in [6.45, 7) is 13.8. The van der Waals surface area contributed by atoms with Crippen LogP contribution in [0.2, 0.25) is 0 Å². The van der Waals surface area contributed by atoms with Gasteiger partial charge in [0, 0.05) is 92.4 Å². The van der Waals surface area contributed by atoms with E-state index in [-0.39, 0.29) is 68.3 Å². The molecule has 3 amide bonds. The number of unbranched alkanes of at least 4 members (excludes halogenated alkanes) is 3. The van der Waals surface area contributed by atoms with E-state index in [4.69, 9.17) is 9.47 Å². The van der Waals surface area contributed by atoms with Crippen LogP contribution in [0.25, 0.3) is 21.3 Å². The van der Waals surface area contributed by atoms with E-state index in [0.29, 0.717) is 38.2 Å². The first-order valence-corrected chi connectivity index (χ1v) is 25.5. The summed E-state index contributed by atoms with van der Waals surface area (Å²) in [6.07, 6.45) is 3.59. The van der Waals surface area contributed by atoms with Crippen LogP contribution in [-0.2, 0) is 32.1 Å². The van der Waals surface area contributed by atoms with Gasteiger partial charge in [-0.1, -0.05) is 76.1 Å². The third-order valence-corrected chi connectivity index (χ3v) is 14.2.